The number of hydrogen-bond donors (Lipinski definition) is 5. The first kappa shape index (κ1) is 17.6. The van der Waals surface area contributed by atoms with Gasteiger partial charge in [-0.3, -0.25) is 4.79 Å². The minimum atomic E-state index is -1.27. The second-order valence-electron chi connectivity index (χ2n) is 5.37. The number of amides is 1. The topological polar surface area (TPSA) is 125 Å². The fraction of sp³-hybridized carbons (Fsp3) is 0.643. The zero-order valence-corrected chi connectivity index (χ0v) is 12.3. The third kappa shape index (κ3) is 5.84. The van der Waals surface area contributed by atoms with E-state index in [4.69, 9.17) is 10.5 Å². The molecule has 0 bridgehead atoms. The Morgan fingerprint density at radius 1 is 1.38 bits per heavy atom. The van der Waals surface area contributed by atoms with E-state index in [0.717, 1.165) is 0 Å². The van der Waals surface area contributed by atoms with Gasteiger partial charge in [-0.15, -0.1) is 0 Å². The van der Waals surface area contributed by atoms with Crippen molar-refractivity contribution in [2.24, 2.45) is 5.73 Å². The molecule has 3 unspecified atom stereocenters. The van der Waals surface area contributed by atoms with Crippen LogP contribution in [0.4, 0.5) is 0 Å². The van der Waals surface area contributed by atoms with Gasteiger partial charge in [-0.2, -0.15) is 0 Å². The van der Waals surface area contributed by atoms with Crippen molar-refractivity contribution in [1.82, 2.24) is 5.32 Å². The molecule has 0 aromatic heterocycles. The standard InChI is InChI=1S/C14H24N2O5/c1-8(2)16-6-10(17)7-21-11-4-3-9(5-12(15)18)13(19)14(11)20/h3-4,8,10,13-14,16-17,19-20H,5-7H2,1-2H3,(H2,15,18). The van der Waals surface area contributed by atoms with E-state index >= 15 is 0 Å². The van der Waals surface area contributed by atoms with Gasteiger partial charge in [0, 0.05) is 12.6 Å². The van der Waals surface area contributed by atoms with Crippen LogP contribution in [0.3, 0.4) is 0 Å². The van der Waals surface area contributed by atoms with Crippen molar-refractivity contribution < 1.29 is 24.9 Å². The molecule has 7 heteroatoms. The average molecular weight is 300 g/mol. The van der Waals surface area contributed by atoms with Crippen LogP contribution in [0.5, 0.6) is 0 Å². The number of ether oxygens (including phenoxy) is 1. The van der Waals surface area contributed by atoms with Gasteiger partial charge < -0.3 is 31.1 Å². The van der Waals surface area contributed by atoms with Crippen molar-refractivity contribution in [2.45, 2.75) is 44.6 Å². The maximum atomic E-state index is 10.8. The number of primary amides is 1. The van der Waals surface area contributed by atoms with Crippen molar-refractivity contribution >= 4 is 5.91 Å². The lowest BCUT2D eigenvalue weighted by molar-refractivity contribution is -0.117. The van der Waals surface area contributed by atoms with Crippen molar-refractivity contribution in [3.8, 4) is 0 Å². The molecule has 0 fully saturated rings. The molecule has 120 valence electrons. The Bertz CT molecular complexity index is 420. The molecule has 0 spiro atoms. The van der Waals surface area contributed by atoms with E-state index in [0.29, 0.717) is 12.1 Å². The molecule has 3 atom stereocenters. The molecular weight excluding hydrogens is 276 g/mol. The third-order valence-corrected chi connectivity index (χ3v) is 3.01. The van der Waals surface area contributed by atoms with Gasteiger partial charge in [0.2, 0.25) is 5.91 Å². The Labute approximate surface area is 124 Å². The second-order valence-corrected chi connectivity index (χ2v) is 5.37. The van der Waals surface area contributed by atoms with E-state index in [-0.39, 0.29) is 24.8 Å². The summed E-state index contributed by atoms with van der Waals surface area (Å²) in [5.41, 5.74) is 5.39. The van der Waals surface area contributed by atoms with Crippen LogP contribution in [0.1, 0.15) is 20.3 Å². The SMILES string of the molecule is CC(C)NCC(O)COC1=CC=C(CC(N)=O)C(O)C1O. The zero-order chi connectivity index (χ0) is 16.0. The summed E-state index contributed by atoms with van der Waals surface area (Å²) in [5, 5.41) is 32.6. The summed E-state index contributed by atoms with van der Waals surface area (Å²) in [6.45, 7) is 4.28. The van der Waals surface area contributed by atoms with Crippen molar-refractivity contribution in [2.75, 3.05) is 13.2 Å². The van der Waals surface area contributed by atoms with E-state index in [1.165, 1.54) is 12.2 Å². The van der Waals surface area contributed by atoms with Crippen LogP contribution >= 0.6 is 0 Å². The second kappa shape index (κ2) is 8.14. The minimum Gasteiger partial charge on any atom is -0.492 e. The van der Waals surface area contributed by atoms with Gasteiger partial charge in [-0.1, -0.05) is 19.9 Å². The predicted molar refractivity (Wildman–Crippen MR) is 77.1 cm³/mol. The van der Waals surface area contributed by atoms with E-state index in [1.807, 2.05) is 13.8 Å². The van der Waals surface area contributed by atoms with Gasteiger partial charge in [0.05, 0.1) is 6.42 Å². The normalized spacial score (nSPS) is 23.5. The number of hydrogen-bond acceptors (Lipinski definition) is 6. The Balaban J connectivity index is 2.53. The highest BCUT2D eigenvalue weighted by Crippen LogP contribution is 2.23. The maximum absolute atomic E-state index is 10.8. The summed E-state index contributed by atoms with van der Waals surface area (Å²) >= 11 is 0. The van der Waals surface area contributed by atoms with Crippen LogP contribution in [0.25, 0.3) is 0 Å². The van der Waals surface area contributed by atoms with Crippen LogP contribution < -0.4 is 11.1 Å². The Morgan fingerprint density at radius 2 is 2.05 bits per heavy atom. The van der Waals surface area contributed by atoms with E-state index in [9.17, 15) is 20.1 Å². The molecule has 0 saturated heterocycles. The molecule has 1 aliphatic carbocycles. The molecule has 7 nitrogen and oxygen atoms in total. The third-order valence-electron chi connectivity index (χ3n) is 3.01. The highest BCUT2D eigenvalue weighted by Gasteiger charge is 2.29. The molecular formula is C14H24N2O5. The molecule has 1 rings (SSSR count). The van der Waals surface area contributed by atoms with E-state index in [2.05, 4.69) is 5.32 Å². The number of rotatable bonds is 8. The molecule has 1 amide bonds. The smallest absolute Gasteiger partial charge is 0.221 e. The molecule has 0 aliphatic heterocycles. The molecule has 1 aliphatic rings. The first-order chi connectivity index (χ1) is 9.81. The molecule has 6 N–H and O–H groups in total. The zero-order valence-electron chi connectivity index (χ0n) is 12.3. The average Bonchev–Trinajstić information content (AvgIpc) is 2.40. The Morgan fingerprint density at radius 3 is 2.62 bits per heavy atom. The van der Waals surface area contributed by atoms with E-state index < -0.39 is 24.2 Å². The fourth-order valence-electron chi connectivity index (χ4n) is 1.87. The highest BCUT2D eigenvalue weighted by atomic mass is 16.5. The predicted octanol–water partition coefficient (Wildman–Crippen LogP) is -1.22. The number of nitrogens with one attached hydrogen (secondary N) is 1. The molecule has 0 heterocycles. The van der Waals surface area contributed by atoms with Gasteiger partial charge in [0.25, 0.3) is 0 Å². The van der Waals surface area contributed by atoms with Crippen molar-refractivity contribution in [1.29, 1.82) is 0 Å². The largest absolute Gasteiger partial charge is 0.492 e. The quantitative estimate of drug-likeness (QED) is 0.383. The number of carbonyl (C=O) groups excluding carboxylic acids is 1. The maximum Gasteiger partial charge on any atom is 0.221 e. The number of aliphatic hydroxyl groups excluding tert-OH is 3. The summed E-state index contributed by atoms with van der Waals surface area (Å²) in [6.07, 6.45) is -0.385. The van der Waals surface area contributed by atoms with Crippen LogP contribution in [-0.4, -0.2) is 58.7 Å². The first-order valence-corrected chi connectivity index (χ1v) is 6.90. The number of aliphatic hydroxyl groups is 3. The summed E-state index contributed by atoms with van der Waals surface area (Å²) in [7, 11) is 0. The van der Waals surface area contributed by atoms with Gasteiger partial charge in [-0.25, -0.2) is 0 Å². The summed E-state index contributed by atoms with van der Waals surface area (Å²) in [5.74, 6) is -0.431. The van der Waals surface area contributed by atoms with Crippen LogP contribution in [0.2, 0.25) is 0 Å². The van der Waals surface area contributed by atoms with Gasteiger partial charge in [0.1, 0.15) is 30.7 Å². The number of carbonyl (C=O) groups is 1. The minimum absolute atomic E-state index is 0.00563. The molecule has 0 radical (unpaired) electrons. The lowest BCUT2D eigenvalue weighted by atomic mass is 9.95. The first-order valence-electron chi connectivity index (χ1n) is 6.90. The molecule has 0 aromatic rings. The molecule has 0 aromatic carbocycles. The number of allylic oxidation sites excluding steroid dienone is 2. The van der Waals surface area contributed by atoms with Crippen molar-refractivity contribution in [3.05, 3.63) is 23.5 Å². The highest BCUT2D eigenvalue weighted by molar-refractivity contribution is 5.77. The summed E-state index contributed by atoms with van der Waals surface area (Å²) in [4.78, 5) is 10.8. The molecule has 21 heavy (non-hydrogen) atoms. The van der Waals surface area contributed by atoms with Crippen LogP contribution in [-0.2, 0) is 9.53 Å². The van der Waals surface area contributed by atoms with Crippen molar-refractivity contribution in [3.63, 3.8) is 0 Å². The monoisotopic (exact) mass is 300 g/mol. The lowest BCUT2D eigenvalue weighted by Gasteiger charge is -2.26. The Kier molecular flexibility index (Phi) is 6.83. The van der Waals surface area contributed by atoms with Gasteiger partial charge in [-0.05, 0) is 11.6 Å². The number of nitrogens with two attached hydrogens (primary N) is 1. The Hall–Kier alpha value is -1.41. The van der Waals surface area contributed by atoms with Crippen LogP contribution in [0.15, 0.2) is 23.5 Å². The summed E-state index contributed by atoms with van der Waals surface area (Å²) < 4.78 is 5.31. The molecule has 0 saturated carbocycles. The summed E-state index contributed by atoms with van der Waals surface area (Å²) in [6, 6.07) is 0.250. The lowest BCUT2D eigenvalue weighted by Crippen LogP contribution is -2.37. The van der Waals surface area contributed by atoms with Crippen LogP contribution in [0, 0.1) is 0 Å². The van der Waals surface area contributed by atoms with Gasteiger partial charge in [0.15, 0.2) is 0 Å². The fourth-order valence-corrected chi connectivity index (χ4v) is 1.87. The van der Waals surface area contributed by atoms with E-state index in [1.54, 1.807) is 0 Å². The van der Waals surface area contributed by atoms with Gasteiger partial charge >= 0.3 is 0 Å².